The fraction of sp³-hybridized carbons (Fsp3) is 0.0952. The highest BCUT2D eigenvalue weighted by molar-refractivity contribution is 5.66. The second-order valence-electron chi connectivity index (χ2n) is 5.42. The van der Waals surface area contributed by atoms with Crippen LogP contribution in [0.5, 0.6) is 5.75 Å². The Bertz CT molecular complexity index is 869. The Morgan fingerprint density at radius 2 is 1.71 bits per heavy atom. The molecule has 0 heterocycles. The number of hydrogen-bond donors (Lipinski definition) is 0. The van der Waals surface area contributed by atoms with Gasteiger partial charge in [-0.3, -0.25) is 0 Å². The van der Waals surface area contributed by atoms with Crippen LogP contribution in [0.2, 0.25) is 0 Å². The third-order valence-corrected chi connectivity index (χ3v) is 3.74. The second-order valence-corrected chi connectivity index (χ2v) is 5.42. The van der Waals surface area contributed by atoms with Crippen molar-refractivity contribution < 1.29 is 9.13 Å². The molecule has 0 radical (unpaired) electrons. The Morgan fingerprint density at radius 3 is 2.50 bits per heavy atom. The van der Waals surface area contributed by atoms with Gasteiger partial charge in [-0.15, -0.1) is 0 Å². The standard InChI is InChI=1S/C21H16FNO/c22-21-17(12-13-23)8-5-11-20(21)18-9-4-10-19(14-18)24-15-16-6-2-1-3-7-16/h1-11,14H,12,15H2. The maximum atomic E-state index is 14.5. The number of ether oxygens (including phenoxy) is 1. The Morgan fingerprint density at radius 1 is 0.917 bits per heavy atom. The molecule has 0 saturated heterocycles. The number of rotatable bonds is 5. The van der Waals surface area contributed by atoms with Gasteiger partial charge in [0.15, 0.2) is 0 Å². The predicted molar refractivity (Wildman–Crippen MR) is 91.9 cm³/mol. The van der Waals surface area contributed by atoms with Crippen molar-refractivity contribution in [3.8, 4) is 22.9 Å². The number of benzene rings is 3. The summed E-state index contributed by atoms with van der Waals surface area (Å²) < 4.78 is 20.3. The van der Waals surface area contributed by atoms with E-state index in [0.29, 0.717) is 23.5 Å². The summed E-state index contributed by atoms with van der Waals surface area (Å²) in [6.45, 7) is 0.460. The molecule has 0 unspecified atom stereocenters. The fourth-order valence-electron chi connectivity index (χ4n) is 2.52. The van der Waals surface area contributed by atoms with E-state index in [9.17, 15) is 4.39 Å². The van der Waals surface area contributed by atoms with E-state index in [1.54, 1.807) is 18.2 Å². The van der Waals surface area contributed by atoms with E-state index in [0.717, 1.165) is 11.1 Å². The molecule has 3 heteroatoms. The summed E-state index contributed by atoms with van der Waals surface area (Å²) in [5.74, 6) is 0.334. The van der Waals surface area contributed by atoms with Crippen LogP contribution in [0.25, 0.3) is 11.1 Å². The first-order valence-corrected chi connectivity index (χ1v) is 7.69. The van der Waals surface area contributed by atoms with E-state index in [1.165, 1.54) is 0 Å². The van der Waals surface area contributed by atoms with Crippen molar-refractivity contribution in [3.05, 3.63) is 89.7 Å². The van der Waals surface area contributed by atoms with Gasteiger partial charge in [-0.25, -0.2) is 4.39 Å². The first kappa shape index (κ1) is 15.8. The van der Waals surface area contributed by atoms with Crippen LogP contribution < -0.4 is 4.74 Å². The van der Waals surface area contributed by atoms with Gasteiger partial charge in [0.1, 0.15) is 18.2 Å². The average molecular weight is 317 g/mol. The van der Waals surface area contributed by atoms with Gasteiger partial charge < -0.3 is 4.74 Å². The molecule has 0 aliphatic rings. The molecular weight excluding hydrogens is 301 g/mol. The van der Waals surface area contributed by atoms with E-state index < -0.39 is 0 Å². The normalized spacial score (nSPS) is 10.2. The van der Waals surface area contributed by atoms with E-state index in [-0.39, 0.29) is 12.2 Å². The van der Waals surface area contributed by atoms with Gasteiger partial charge in [-0.1, -0.05) is 60.7 Å². The molecule has 24 heavy (non-hydrogen) atoms. The summed E-state index contributed by atoms with van der Waals surface area (Å²) in [7, 11) is 0. The molecule has 0 bridgehead atoms. The molecule has 0 N–H and O–H groups in total. The minimum Gasteiger partial charge on any atom is -0.489 e. The molecule has 0 amide bonds. The Labute approximate surface area is 140 Å². The maximum Gasteiger partial charge on any atom is 0.135 e. The molecule has 0 aromatic heterocycles. The van der Waals surface area contributed by atoms with E-state index >= 15 is 0 Å². The Hall–Kier alpha value is -3.12. The summed E-state index contributed by atoms with van der Waals surface area (Å²) in [4.78, 5) is 0. The van der Waals surface area contributed by atoms with Crippen molar-refractivity contribution in [1.82, 2.24) is 0 Å². The minimum absolute atomic E-state index is 0.0594. The lowest BCUT2D eigenvalue weighted by molar-refractivity contribution is 0.306. The average Bonchev–Trinajstić information content (AvgIpc) is 2.63. The third-order valence-electron chi connectivity index (χ3n) is 3.74. The number of halogens is 1. The Kier molecular flexibility index (Phi) is 4.88. The SMILES string of the molecule is N#CCc1cccc(-c2cccc(OCc3ccccc3)c2)c1F. The van der Waals surface area contributed by atoms with Crippen LogP contribution in [0.1, 0.15) is 11.1 Å². The summed E-state index contributed by atoms with van der Waals surface area (Å²) in [6.07, 6.45) is 0.0594. The van der Waals surface area contributed by atoms with Crippen molar-refractivity contribution in [2.24, 2.45) is 0 Å². The summed E-state index contributed by atoms with van der Waals surface area (Å²) >= 11 is 0. The smallest absolute Gasteiger partial charge is 0.135 e. The van der Waals surface area contributed by atoms with Gasteiger partial charge in [0.05, 0.1) is 12.5 Å². The maximum absolute atomic E-state index is 14.5. The predicted octanol–water partition coefficient (Wildman–Crippen LogP) is 5.14. The highest BCUT2D eigenvalue weighted by Gasteiger charge is 2.10. The molecule has 3 rings (SSSR count). The lowest BCUT2D eigenvalue weighted by Crippen LogP contribution is -1.96. The van der Waals surface area contributed by atoms with Crippen LogP contribution >= 0.6 is 0 Å². The molecule has 0 spiro atoms. The van der Waals surface area contributed by atoms with Crippen molar-refractivity contribution in [1.29, 1.82) is 5.26 Å². The largest absolute Gasteiger partial charge is 0.489 e. The highest BCUT2D eigenvalue weighted by Crippen LogP contribution is 2.28. The van der Waals surface area contributed by atoms with E-state index in [2.05, 4.69) is 0 Å². The zero-order valence-corrected chi connectivity index (χ0v) is 13.1. The fourth-order valence-corrected chi connectivity index (χ4v) is 2.52. The molecular formula is C21H16FNO. The minimum atomic E-state index is -0.348. The molecule has 0 saturated carbocycles. The van der Waals surface area contributed by atoms with Crippen LogP contribution in [-0.4, -0.2) is 0 Å². The molecule has 3 aromatic carbocycles. The molecule has 118 valence electrons. The zero-order valence-electron chi connectivity index (χ0n) is 13.1. The first-order chi connectivity index (χ1) is 11.8. The van der Waals surface area contributed by atoms with Crippen molar-refractivity contribution >= 4 is 0 Å². The van der Waals surface area contributed by atoms with Gasteiger partial charge >= 0.3 is 0 Å². The zero-order chi connectivity index (χ0) is 16.8. The third kappa shape index (κ3) is 3.61. The summed E-state index contributed by atoms with van der Waals surface area (Å²) in [5.41, 5.74) is 2.70. The van der Waals surface area contributed by atoms with Gasteiger partial charge in [0.25, 0.3) is 0 Å². The number of nitriles is 1. The van der Waals surface area contributed by atoms with Crippen molar-refractivity contribution in [3.63, 3.8) is 0 Å². The van der Waals surface area contributed by atoms with Crippen LogP contribution in [0.3, 0.4) is 0 Å². The monoisotopic (exact) mass is 317 g/mol. The summed E-state index contributed by atoms with van der Waals surface area (Å²) in [5, 5.41) is 8.79. The van der Waals surface area contributed by atoms with E-state index in [1.807, 2.05) is 60.7 Å². The Balaban J connectivity index is 1.83. The number of hydrogen-bond acceptors (Lipinski definition) is 2. The topological polar surface area (TPSA) is 33.0 Å². The lowest BCUT2D eigenvalue weighted by Gasteiger charge is -2.10. The molecule has 0 aliphatic heterocycles. The highest BCUT2D eigenvalue weighted by atomic mass is 19.1. The number of nitrogens with zero attached hydrogens (tertiary/aromatic N) is 1. The van der Waals surface area contributed by atoms with Gasteiger partial charge in [0, 0.05) is 11.1 Å². The summed E-state index contributed by atoms with van der Waals surface area (Å²) in [6, 6.07) is 24.3. The molecule has 0 fully saturated rings. The van der Waals surface area contributed by atoms with Crippen LogP contribution in [0.15, 0.2) is 72.8 Å². The van der Waals surface area contributed by atoms with Crippen molar-refractivity contribution in [2.45, 2.75) is 13.0 Å². The first-order valence-electron chi connectivity index (χ1n) is 7.69. The molecule has 2 nitrogen and oxygen atoms in total. The second kappa shape index (κ2) is 7.43. The van der Waals surface area contributed by atoms with Gasteiger partial charge in [0.2, 0.25) is 0 Å². The molecule has 0 aliphatic carbocycles. The quantitative estimate of drug-likeness (QED) is 0.653. The lowest BCUT2D eigenvalue weighted by atomic mass is 10.0. The van der Waals surface area contributed by atoms with E-state index in [4.69, 9.17) is 10.00 Å². The van der Waals surface area contributed by atoms with Crippen LogP contribution in [0, 0.1) is 17.1 Å². The van der Waals surface area contributed by atoms with Gasteiger partial charge in [-0.2, -0.15) is 5.26 Å². The van der Waals surface area contributed by atoms with Gasteiger partial charge in [-0.05, 0) is 23.3 Å². The van der Waals surface area contributed by atoms with Crippen LogP contribution in [0.4, 0.5) is 4.39 Å². The molecule has 0 atom stereocenters. The van der Waals surface area contributed by atoms with Crippen molar-refractivity contribution in [2.75, 3.05) is 0 Å². The van der Waals surface area contributed by atoms with Crippen LogP contribution in [-0.2, 0) is 13.0 Å². The molecule has 3 aromatic rings.